The van der Waals surface area contributed by atoms with E-state index in [2.05, 4.69) is 5.32 Å². The molecule has 7 heteroatoms. The number of rotatable bonds is 5. The minimum absolute atomic E-state index is 0.0475. The number of carbonyl (C=O) groups is 3. The summed E-state index contributed by atoms with van der Waals surface area (Å²) in [5.74, 6) is -0.306. The maximum absolute atomic E-state index is 12.4. The highest BCUT2D eigenvalue weighted by Crippen LogP contribution is 2.26. The van der Waals surface area contributed by atoms with Crippen molar-refractivity contribution in [1.29, 1.82) is 0 Å². The van der Waals surface area contributed by atoms with Crippen LogP contribution in [0.1, 0.15) is 69.7 Å². The number of carbonyl (C=O) groups excluding carboxylic acids is 3. The van der Waals surface area contributed by atoms with Crippen molar-refractivity contribution < 1.29 is 23.9 Å². The number of nitrogens with one attached hydrogen (secondary N) is 1. The molecule has 0 aromatic heterocycles. The molecule has 7 nitrogen and oxygen atoms in total. The molecule has 3 rings (SSSR count). The molecular weight excluding hydrogens is 384 g/mol. The highest BCUT2D eigenvalue weighted by Gasteiger charge is 2.33. The number of hydrogen-bond acceptors (Lipinski definition) is 5. The lowest BCUT2D eigenvalue weighted by molar-refractivity contribution is -0.119. The third-order valence-corrected chi connectivity index (χ3v) is 5.53. The van der Waals surface area contributed by atoms with Gasteiger partial charge in [-0.05, 0) is 70.7 Å². The van der Waals surface area contributed by atoms with Gasteiger partial charge in [0.1, 0.15) is 12.2 Å². The first-order valence-electron chi connectivity index (χ1n) is 10.8. The molecule has 1 aliphatic carbocycles. The van der Waals surface area contributed by atoms with Gasteiger partial charge < -0.3 is 19.7 Å². The van der Waals surface area contributed by atoms with E-state index in [9.17, 15) is 14.4 Å². The van der Waals surface area contributed by atoms with E-state index in [0.29, 0.717) is 17.8 Å². The molecule has 1 aromatic rings. The summed E-state index contributed by atoms with van der Waals surface area (Å²) in [6, 6.07) is 6.55. The topological polar surface area (TPSA) is 84.9 Å². The van der Waals surface area contributed by atoms with Crippen LogP contribution >= 0.6 is 0 Å². The Hall–Kier alpha value is -2.57. The van der Waals surface area contributed by atoms with Gasteiger partial charge in [0.2, 0.25) is 5.91 Å². The molecule has 1 heterocycles. The van der Waals surface area contributed by atoms with Gasteiger partial charge in [0.05, 0.1) is 11.6 Å². The first-order chi connectivity index (χ1) is 14.2. The van der Waals surface area contributed by atoms with Gasteiger partial charge in [-0.15, -0.1) is 0 Å². The first-order valence-corrected chi connectivity index (χ1v) is 10.8. The van der Waals surface area contributed by atoms with Gasteiger partial charge in [0, 0.05) is 18.2 Å². The molecule has 0 bridgehead atoms. The molecule has 1 N–H and O–H groups in total. The summed E-state index contributed by atoms with van der Waals surface area (Å²) < 4.78 is 10.9. The molecule has 164 valence electrons. The van der Waals surface area contributed by atoms with E-state index in [0.717, 1.165) is 38.5 Å². The fourth-order valence-corrected chi connectivity index (χ4v) is 3.95. The highest BCUT2D eigenvalue weighted by atomic mass is 16.6. The van der Waals surface area contributed by atoms with E-state index < -0.39 is 11.6 Å². The summed E-state index contributed by atoms with van der Waals surface area (Å²) >= 11 is 0. The summed E-state index contributed by atoms with van der Waals surface area (Å²) in [6.07, 6.45) is 5.36. The minimum Gasteiger partial charge on any atom is -0.460 e. The molecule has 2 amide bonds. The van der Waals surface area contributed by atoms with Crippen molar-refractivity contribution in [3.63, 3.8) is 0 Å². The zero-order chi connectivity index (χ0) is 21.7. The Morgan fingerprint density at radius 1 is 1.03 bits per heavy atom. The summed E-state index contributed by atoms with van der Waals surface area (Å²) in [4.78, 5) is 38.6. The molecule has 30 heavy (non-hydrogen) atoms. The lowest BCUT2D eigenvalue weighted by Crippen LogP contribution is -2.42. The SMILES string of the molecule is CC(C)(C)OC(=O)N1CCCC1COC(=O)c1ccc(NC(=O)C2CCCC2)cc1. The fourth-order valence-electron chi connectivity index (χ4n) is 3.95. The van der Waals surface area contributed by atoms with Gasteiger partial charge in [-0.1, -0.05) is 12.8 Å². The molecule has 1 aromatic carbocycles. The van der Waals surface area contributed by atoms with E-state index in [1.165, 1.54) is 0 Å². The van der Waals surface area contributed by atoms with Crippen LogP contribution in [-0.2, 0) is 14.3 Å². The Bertz CT molecular complexity index is 763. The summed E-state index contributed by atoms with van der Waals surface area (Å²) in [5.41, 5.74) is 0.529. The second-order valence-corrected chi connectivity index (χ2v) is 9.12. The second-order valence-electron chi connectivity index (χ2n) is 9.12. The van der Waals surface area contributed by atoms with Crippen LogP contribution in [0, 0.1) is 5.92 Å². The zero-order valence-corrected chi connectivity index (χ0v) is 18.1. The molecular formula is C23H32N2O5. The van der Waals surface area contributed by atoms with Crippen LogP contribution in [0.15, 0.2) is 24.3 Å². The van der Waals surface area contributed by atoms with Gasteiger partial charge in [0.25, 0.3) is 0 Å². The van der Waals surface area contributed by atoms with Gasteiger partial charge in [0.15, 0.2) is 0 Å². The third-order valence-electron chi connectivity index (χ3n) is 5.53. The maximum atomic E-state index is 12.4. The number of nitrogens with zero attached hydrogens (tertiary/aromatic N) is 1. The molecule has 2 aliphatic rings. The largest absolute Gasteiger partial charge is 0.460 e. The summed E-state index contributed by atoms with van der Waals surface area (Å²) in [5, 5.41) is 2.91. The van der Waals surface area contributed by atoms with E-state index in [1.54, 1.807) is 29.2 Å². The third kappa shape index (κ3) is 5.97. The molecule has 1 atom stereocenters. The normalized spacial score (nSPS) is 19.6. The van der Waals surface area contributed by atoms with Crippen LogP contribution in [0.4, 0.5) is 10.5 Å². The van der Waals surface area contributed by atoms with E-state index in [1.807, 2.05) is 20.8 Å². The van der Waals surface area contributed by atoms with Crippen LogP contribution in [0.25, 0.3) is 0 Å². The number of benzene rings is 1. The van der Waals surface area contributed by atoms with Crippen molar-refractivity contribution in [2.24, 2.45) is 5.92 Å². The van der Waals surface area contributed by atoms with Gasteiger partial charge in [-0.2, -0.15) is 0 Å². The Labute approximate surface area is 178 Å². The average Bonchev–Trinajstić information content (AvgIpc) is 3.37. The van der Waals surface area contributed by atoms with Crippen LogP contribution in [0.3, 0.4) is 0 Å². The molecule has 1 aliphatic heterocycles. The molecule has 1 saturated heterocycles. The number of hydrogen-bond donors (Lipinski definition) is 1. The Kier molecular flexibility index (Phi) is 7.00. The van der Waals surface area contributed by atoms with Crippen molar-refractivity contribution in [3.05, 3.63) is 29.8 Å². The maximum Gasteiger partial charge on any atom is 0.410 e. The van der Waals surface area contributed by atoms with Crippen LogP contribution in [-0.4, -0.2) is 47.7 Å². The Balaban J connectivity index is 1.49. The zero-order valence-electron chi connectivity index (χ0n) is 18.1. The molecule has 0 radical (unpaired) electrons. The van der Waals surface area contributed by atoms with E-state index >= 15 is 0 Å². The van der Waals surface area contributed by atoms with Crippen molar-refractivity contribution in [2.45, 2.75) is 70.9 Å². The van der Waals surface area contributed by atoms with Crippen LogP contribution < -0.4 is 5.32 Å². The minimum atomic E-state index is -0.560. The lowest BCUT2D eigenvalue weighted by Gasteiger charge is -2.28. The smallest absolute Gasteiger partial charge is 0.410 e. The number of ether oxygens (including phenoxy) is 2. The lowest BCUT2D eigenvalue weighted by atomic mass is 10.1. The van der Waals surface area contributed by atoms with Gasteiger partial charge in [-0.25, -0.2) is 9.59 Å². The van der Waals surface area contributed by atoms with Crippen molar-refractivity contribution >= 4 is 23.7 Å². The number of anilines is 1. The molecule has 0 spiro atoms. The standard InChI is InChI=1S/C23H32N2O5/c1-23(2,3)30-22(28)25-14-6-9-19(25)15-29-21(27)17-10-12-18(13-11-17)24-20(26)16-7-4-5-8-16/h10-13,16,19H,4-9,14-15H2,1-3H3,(H,24,26). The van der Waals surface area contributed by atoms with E-state index in [-0.39, 0.29) is 30.6 Å². The monoisotopic (exact) mass is 416 g/mol. The van der Waals surface area contributed by atoms with E-state index in [4.69, 9.17) is 9.47 Å². The Morgan fingerprint density at radius 3 is 2.33 bits per heavy atom. The van der Waals surface area contributed by atoms with Gasteiger partial charge in [-0.3, -0.25) is 4.79 Å². The first kappa shape index (κ1) is 22.1. The van der Waals surface area contributed by atoms with Crippen LogP contribution in [0.2, 0.25) is 0 Å². The second kappa shape index (κ2) is 9.49. The average molecular weight is 417 g/mol. The quantitative estimate of drug-likeness (QED) is 0.721. The van der Waals surface area contributed by atoms with Crippen molar-refractivity contribution in [3.8, 4) is 0 Å². The highest BCUT2D eigenvalue weighted by molar-refractivity contribution is 5.94. The fraction of sp³-hybridized carbons (Fsp3) is 0.609. The summed E-state index contributed by atoms with van der Waals surface area (Å²) in [6.45, 7) is 6.23. The number of esters is 1. The van der Waals surface area contributed by atoms with Crippen molar-refractivity contribution in [1.82, 2.24) is 4.90 Å². The molecule has 1 saturated carbocycles. The number of likely N-dealkylation sites (tertiary alicyclic amines) is 1. The molecule has 2 fully saturated rings. The predicted molar refractivity (Wildman–Crippen MR) is 113 cm³/mol. The van der Waals surface area contributed by atoms with Crippen LogP contribution in [0.5, 0.6) is 0 Å². The van der Waals surface area contributed by atoms with Gasteiger partial charge >= 0.3 is 12.1 Å². The Morgan fingerprint density at radius 2 is 1.70 bits per heavy atom. The molecule has 1 unspecified atom stereocenters. The number of amides is 2. The predicted octanol–water partition coefficient (Wildman–Crippen LogP) is 4.37. The summed E-state index contributed by atoms with van der Waals surface area (Å²) in [7, 11) is 0. The van der Waals surface area contributed by atoms with Crippen molar-refractivity contribution in [2.75, 3.05) is 18.5 Å².